The van der Waals surface area contributed by atoms with Gasteiger partial charge >= 0.3 is 0 Å². The van der Waals surface area contributed by atoms with Crippen LogP contribution < -0.4 is 5.32 Å². The molecule has 0 aliphatic carbocycles. The van der Waals surface area contributed by atoms with Crippen LogP contribution in [0.1, 0.15) is 5.69 Å². The molecule has 1 rings (SSSR count). The molecular weight excluding hydrogens is 178 g/mol. The summed E-state index contributed by atoms with van der Waals surface area (Å²) in [5.41, 5.74) is 0.910. The van der Waals surface area contributed by atoms with E-state index < -0.39 is 0 Å². The number of halogens is 1. The number of aliphatic hydroxyl groups excluding tert-OH is 1. The van der Waals surface area contributed by atoms with Crippen molar-refractivity contribution >= 4 is 11.6 Å². The van der Waals surface area contributed by atoms with Gasteiger partial charge in [0.1, 0.15) is 0 Å². The highest BCUT2D eigenvalue weighted by atomic mass is 35.5. The number of aromatic nitrogens is 2. The largest absolute Gasteiger partial charge is 0.394 e. The van der Waals surface area contributed by atoms with E-state index in [4.69, 9.17) is 16.7 Å². The molecule has 1 aromatic rings. The number of nitrogens with one attached hydrogen (secondary N) is 1. The van der Waals surface area contributed by atoms with Crippen molar-refractivity contribution in [2.45, 2.75) is 13.1 Å². The van der Waals surface area contributed by atoms with Gasteiger partial charge in [0, 0.05) is 6.54 Å². The number of hydrogen-bond acceptors (Lipinski definition) is 3. The zero-order chi connectivity index (χ0) is 8.97. The molecular formula is C7H12ClN3O. The summed E-state index contributed by atoms with van der Waals surface area (Å²) in [4.78, 5) is 0. The average molecular weight is 190 g/mol. The minimum atomic E-state index is 0.0781. The first-order valence-electron chi connectivity index (χ1n) is 3.75. The SMILES string of the molecule is CNCc1c(Cl)cnn1CCO. The third-order valence-corrected chi connectivity index (χ3v) is 1.87. The van der Waals surface area contributed by atoms with Gasteiger partial charge in [-0.25, -0.2) is 0 Å². The smallest absolute Gasteiger partial charge is 0.0831 e. The molecule has 1 heterocycles. The highest BCUT2D eigenvalue weighted by molar-refractivity contribution is 6.31. The predicted octanol–water partition coefficient (Wildman–Crippen LogP) is 0.248. The molecule has 0 fully saturated rings. The van der Waals surface area contributed by atoms with Crippen LogP contribution in [0, 0.1) is 0 Å². The molecule has 1 aromatic heterocycles. The summed E-state index contributed by atoms with van der Waals surface area (Å²) < 4.78 is 1.69. The van der Waals surface area contributed by atoms with Gasteiger partial charge in [-0.05, 0) is 7.05 Å². The first-order chi connectivity index (χ1) is 5.79. The van der Waals surface area contributed by atoms with Crippen LogP contribution in [-0.4, -0.2) is 28.5 Å². The molecule has 0 amide bonds. The Morgan fingerprint density at radius 1 is 1.75 bits per heavy atom. The number of nitrogens with zero attached hydrogens (tertiary/aromatic N) is 2. The molecule has 2 N–H and O–H groups in total. The summed E-state index contributed by atoms with van der Waals surface area (Å²) in [7, 11) is 1.84. The van der Waals surface area contributed by atoms with Crippen LogP contribution in [0.3, 0.4) is 0 Å². The Morgan fingerprint density at radius 2 is 2.50 bits per heavy atom. The van der Waals surface area contributed by atoms with Crippen molar-refractivity contribution in [3.8, 4) is 0 Å². The van der Waals surface area contributed by atoms with Crippen molar-refractivity contribution < 1.29 is 5.11 Å². The zero-order valence-electron chi connectivity index (χ0n) is 6.92. The Hall–Kier alpha value is -0.580. The molecule has 0 radical (unpaired) electrons. The van der Waals surface area contributed by atoms with E-state index in [2.05, 4.69) is 10.4 Å². The molecule has 5 heteroatoms. The van der Waals surface area contributed by atoms with Crippen molar-refractivity contribution in [2.75, 3.05) is 13.7 Å². The van der Waals surface area contributed by atoms with Crippen LogP contribution in [0.15, 0.2) is 6.20 Å². The third-order valence-electron chi connectivity index (χ3n) is 1.55. The summed E-state index contributed by atoms with van der Waals surface area (Å²) in [6.07, 6.45) is 1.59. The Bertz CT molecular complexity index is 249. The first-order valence-corrected chi connectivity index (χ1v) is 4.13. The monoisotopic (exact) mass is 189 g/mol. The highest BCUT2D eigenvalue weighted by Gasteiger charge is 2.06. The van der Waals surface area contributed by atoms with Gasteiger partial charge in [-0.2, -0.15) is 5.10 Å². The molecule has 0 bridgehead atoms. The summed E-state index contributed by atoms with van der Waals surface area (Å²) >= 11 is 5.85. The van der Waals surface area contributed by atoms with Gasteiger partial charge in [-0.3, -0.25) is 4.68 Å². The van der Waals surface area contributed by atoms with Crippen molar-refractivity contribution in [3.05, 3.63) is 16.9 Å². The number of rotatable bonds is 4. The van der Waals surface area contributed by atoms with E-state index in [1.807, 2.05) is 7.05 Å². The number of aliphatic hydroxyl groups is 1. The van der Waals surface area contributed by atoms with Gasteiger partial charge in [-0.15, -0.1) is 0 Å². The topological polar surface area (TPSA) is 50.1 Å². The zero-order valence-corrected chi connectivity index (χ0v) is 7.67. The fraction of sp³-hybridized carbons (Fsp3) is 0.571. The van der Waals surface area contributed by atoms with Gasteiger partial charge in [0.25, 0.3) is 0 Å². The van der Waals surface area contributed by atoms with Crippen LogP contribution in [0.5, 0.6) is 0 Å². The molecule has 12 heavy (non-hydrogen) atoms. The molecule has 0 saturated carbocycles. The maximum Gasteiger partial charge on any atom is 0.0831 e. The standard InChI is InChI=1S/C7H12ClN3O/c1-9-5-7-6(8)4-10-11(7)2-3-12/h4,9,12H,2-3,5H2,1H3. The van der Waals surface area contributed by atoms with E-state index in [-0.39, 0.29) is 6.61 Å². The van der Waals surface area contributed by atoms with Crippen molar-refractivity contribution in [1.29, 1.82) is 0 Å². The van der Waals surface area contributed by atoms with Crippen LogP contribution >= 0.6 is 11.6 Å². The lowest BCUT2D eigenvalue weighted by Gasteiger charge is -2.04. The molecule has 0 aliphatic rings. The Morgan fingerprint density at radius 3 is 3.08 bits per heavy atom. The molecule has 0 atom stereocenters. The summed E-state index contributed by atoms with van der Waals surface area (Å²) in [6.45, 7) is 1.23. The second kappa shape index (κ2) is 4.45. The lowest BCUT2D eigenvalue weighted by Crippen LogP contribution is -2.14. The van der Waals surface area contributed by atoms with Crippen molar-refractivity contribution in [3.63, 3.8) is 0 Å². The molecule has 0 spiro atoms. The summed E-state index contributed by atoms with van der Waals surface area (Å²) in [5, 5.41) is 16.3. The van der Waals surface area contributed by atoms with Crippen LogP contribution in [0.25, 0.3) is 0 Å². The number of hydrogen-bond donors (Lipinski definition) is 2. The molecule has 68 valence electrons. The second-order valence-corrected chi connectivity index (χ2v) is 2.82. The first kappa shape index (κ1) is 9.51. The lowest BCUT2D eigenvalue weighted by molar-refractivity contribution is 0.267. The van der Waals surface area contributed by atoms with Crippen molar-refractivity contribution in [2.24, 2.45) is 0 Å². The van der Waals surface area contributed by atoms with Gasteiger partial charge in [0.15, 0.2) is 0 Å². The van der Waals surface area contributed by atoms with E-state index in [0.717, 1.165) is 5.69 Å². The van der Waals surface area contributed by atoms with Gasteiger partial charge in [0.05, 0.1) is 30.1 Å². The normalized spacial score (nSPS) is 10.6. The Kier molecular flexibility index (Phi) is 3.52. The Labute approximate surface area is 76.1 Å². The van der Waals surface area contributed by atoms with Gasteiger partial charge in [-0.1, -0.05) is 11.6 Å². The summed E-state index contributed by atoms with van der Waals surface area (Å²) in [5.74, 6) is 0. The minimum absolute atomic E-state index is 0.0781. The second-order valence-electron chi connectivity index (χ2n) is 2.42. The van der Waals surface area contributed by atoms with Crippen LogP contribution in [0.4, 0.5) is 0 Å². The molecule has 0 saturated heterocycles. The van der Waals surface area contributed by atoms with E-state index in [1.54, 1.807) is 10.9 Å². The Balaban J connectivity index is 2.80. The summed E-state index contributed by atoms with van der Waals surface area (Å²) in [6, 6.07) is 0. The maximum atomic E-state index is 8.70. The van der Waals surface area contributed by atoms with Gasteiger partial charge in [0.2, 0.25) is 0 Å². The molecule has 0 aromatic carbocycles. The third kappa shape index (κ3) is 1.97. The van der Waals surface area contributed by atoms with Gasteiger partial charge < -0.3 is 10.4 Å². The van der Waals surface area contributed by atoms with E-state index in [0.29, 0.717) is 18.1 Å². The minimum Gasteiger partial charge on any atom is -0.394 e. The lowest BCUT2D eigenvalue weighted by atomic mass is 10.4. The van der Waals surface area contributed by atoms with Crippen molar-refractivity contribution in [1.82, 2.24) is 15.1 Å². The van der Waals surface area contributed by atoms with Crippen LogP contribution in [0.2, 0.25) is 5.02 Å². The molecule has 0 unspecified atom stereocenters. The highest BCUT2D eigenvalue weighted by Crippen LogP contribution is 2.14. The van der Waals surface area contributed by atoms with E-state index in [1.165, 1.54) is 0 Å². The quantitative estimate of drug-likeness (QED) is 0.714. The fourth-order valence-corrected chi connectivity index (χ4v) is 1.23. The fourth-order valence-electron chi connectivity index (χ4n) is 1.02. The maximum absolute atomic E-state index is 8.70. The molecule has 4 nitrogen and oxygen atoms in total. The van der Waals surface area contributed by atoms with E-state index >= 15 is 0 Å². The van der Waals surface area contributed by atoms with Crippen LogP contribution in [-0.2, 0) is 13.1 Å². The van der Waals surface area contributed by atoms with E-state index in [9.17, 15) is 0 Å². The average Bonchev–Trinajstić information content (AvgIpc) is 2.37. The molecule has 0 aliphatic heterocycles. The predicted molar refractivity (Wildman–Crippen MR) is 47.1 cm³/mol.